The van der Waals surface area contributed by atoms with Crippen LogP contribution in [-0.4, -0.2) is 37.4 Å². The average molecular weight is 415 g/mol. The van der Waals surface area contributed by atoms with Crippen molar-refractivity contribution in [3.05, 3.63) is 64.2 Å². The third-order valence-electron chi connectivity index (χ3n) is 3.22. The minimum atomic E-state index is -4.05. The summed E-state index contributed by atoms with van der Waals surface area (Å²) in [6, 6.07) is 9.53. The standard InChI is InChI=1S/2C8H10O3S.CH2N2/c2*1-6-3-4-8(7(2)5-6)12(9,10)11;1-3-2/h2*3-5H,1-2H3,(H,9,10,11);1H2. The van der Waals surface area contributed by atoms with E-state index in [1.165, 1.54) is 12.1 Å². The summed E-state index contributed by atoms with van der Waals surface area (Å²) in [6.07, 6.45) is 0. The van der Waals surface area contributed by atoms with Crippen molar-refractivity contribution < 1.29 is 30.7 Å². The molecule has 2 rings (SSSR count). The number of benzene rings is 2. The van der Waals surface area contributed by atoms with Gasteiger partial charge in [-0.05, 0) is 51.0 Å². The maximum absolute atomic E-state index is 10.7. The topological polar surface area (TPSA) is 145 Å². The van der Waals surface area contributed by atoms with E-state index in [0.717, 1.165) is 11.1 Å². The molecule has 0 heterocycles. The third-order valence-corrected chi connectivity index (χ3v) is 5.24. The third kappa shape index (κ3) is 8.72. The first-order valence-electron chi connectivity index (χ1n) is 7.43. The summed E-state index contributed by atoms with van der Waals surface area (Å²) in [6.45, 7) is 9.69. The van der Waals surface area contributed by atoms with Crippen LogP contribution in [0.5, 0.6) is 0 Å². The van der Waals surface area contributed by atoms with Crippen molar-refractivity contribution in [1.82, 2.24) is 0 Å². The van der Waals surface area contributed by atoms with Gasteiger partial charge in [0.2, 0.25) is 6.72 Å². The first-order valence-corrected chi connectivity index (χ1v) is 10.3. The van der Waals surface area contributed by atoms with E-state index in [-0.39, 0.29) is 9.79 Å². The molecule has 0 aliphatic rings. The van der Waals surface area contributed by atoms with Gasteiger partial charge in [0.15, 0.2) is 0 Å². The van der Waals surface area contributed by atoms with Crippen LogP contribution in [0.3, 0.4) is 0 Å². The molecule has 27 heavy (non-hydrogen) atoms. The summed E-state index contributed by atoms with van der Waals surface area (Å²) in [5.41, 5.74) is 10.2. The molecule has 2 aromatic rings. The van der Waals surface area contributed by atoms with Crippen LogP contribution in [0.15, 0.2) is 46.2 Å². The molecule has 0 bridgehead atoms. The van der Waals surface area contributed by atoms with E-state index < -0.39 is 20.2 Å². The summed E-state index contributed by atoms with van der Waals surface area (Å²) < 4.78 is 60.3. The minimum absolute atomic E-state index is 0.0203. The van der Waals surface area contributed by atoms with E-state index in [2.05, 4.69) is 11.5 Å². The molecule has 0 saturated carbocycles. The summed E-state index contributed by atoms with van der Waals surface area (Å²) in [5.74, 6) is 0. The van der Waals surface area contributed by atoms with Crippen LogP contribution < -0.4 is 0 Å². The molecule has 0 atom stereocenters. The molecule has 0 radical (unpaired) electrons. The van der Waals surface area contributed by atoms with Crippen molar-refractivity contribution in [2.75, 3.05) is 0 Å². The Hall–Kier alpha value is -2.36. The molecule has 2 N–H and O–H groups in total. The summed E-state index contributed by atoms with van der Waals surface area (Å²) in [5, 5.41) is 0. The van der Waals surface area contributed by atoms with Gasteiger partial charge >= 0.3 is 0 Å². The smallest absolute Gasteiger partial charge is 0.294 e. The van der Waals surface area contributed by atoms with Gasteiger partial charge in [0, 0.05) is 0 Å². The highest BCUT2D eigenvalue weighted by Gasteiger charge is 2.12. The lowest BCUT2D eigenvalue weighted by Crippen LogP contribution is -2.00. The zero-order valence-corrected chi connectivity index (χ0v) is 17.0. The van der Waals surface area contributed by atoms with Crippen molar-refractivity contribution in [3.63, 3.8) is 0 Å². The van der Waals surface area contributed by atoms with E-state index in [1.807, 2.05) is 13.8 Å². The second-order valence-corrected chi connectivity index (χ2v) is 8.41. The Bertz CT molecular complexity index is 960. The summed E-state index contributed by atoms with van der Waals surface area (Å²) in [4.78, 5) is 2.21. The lowest BCUT2D eigenvalue weighted by Gasteiger charge is -2.02. The van der Waals surface area contributed by atoms with Crippen LogP contribution in [0.2, 0.25) is 0 Å². The molecule has 0 unspecified atom stereocenters. The van der Waals surface area contributed by atoms with Crippen molar-refractivity contribution in [2.24, 2.45) is 0 Å². The fourth-order valence-electron chi connectivity index (χ4n) is 2.18. The number of nitrogens with zero attached hydrogens (tertiary/aromatic N) is 2. The number of hydrogen-bond donors (Lipinski definition) is 2. The van der Waals surface area contributed by atoms with Crippen LogP contribution in [0.1, 0.15) is 22.3 Å². The first kappa shape index (κ1) is 24.6. The Kier molecular flexibility index (Phi) is 9.22. The molecule has 2 aromatic carbocycles. The van der Waals surface area contributed by atoms with Crippen LogP contribution >= 0.6 is 0 Å². The Labute approximate surface area is 159 Å². The average Bonchev–Trinajstić information content (AvgIpc) is 2.45. The first-order chi connectivity index (χ1) is 12.2. The Morgan fingerprint density at radius 2 is 1.04 bits per heavy atom. The van der Waals surface area contributed by atoms with Crippen LogP contribution in [0.4, 0.5) is 0 Å². The lowest BCUT2D eigenvalue weighted by atomic mass is 10.2. The molecule has 148 valence electrons. The highest BCUT2D eigenvalue weighted by Crippen LogP contribution is 2.16. The molecular weight excluding hydrogens is 392 g/mol. The Balaban J connectivity index is 0.000000438. The van der Waals surface area contributed by atoms with Gasteiger partial charge in [-0.1, -0.05) is 35.4 Å². The summed E-state index contributed by atoms with van der Waals surface area (Å²) >= 11 is 0. The SMILES string of the molecule is C=[N+]=[N-].Cc1ccc(S(=O)(=O)O)c(C)c1.Cc1ccc(S(=O)(=O)O)c(C)c1. The largest absolute Gasteiger partial charge is 0.362 e. The molecule has 0 spiro atoms. The molecular formula is C17H22N2O6S2. The molecule has 0 fully saturated rings. The number of rotatable bonds is 2. The van der Waals surface area contributed by atoms with Gasteiger partial charge in [-0.3, -0.25) is 9.11 Å². The van der Waals surface area contributed by atoms with Gasteiger partial charge in [-0.2, -0.15) is 21.6 Å². The predicted octanol–water partition coefficient (Wildman–Crippen LogP) is 3.02. The highest BCUT2D eigenvalue weighted by molar-refractivity contribution is 7.86. The lowest BCUT2D eigenvalue weighted by molar-refractivity contribution is 0.0110. The van der Waals surface area contributed by atoms with Crippen LogP contribution in [-0.2, 0) is 20.2 Å². The zero-order valence-electron chi connectivity index (χ0n) is 15.4. The van der Waals surface area contributed by atoms with Crippen LogP contribution in [0.25, 0.3) is 5.53 Å². The second kappa shape index (κ2) is 10.1. The van der Waals surface area contributed by atoms with Gasteiger partial charge in [-0.25, -0.2) is 0 Å². The molecule has 0 saturated heterocycles. The highest BCUT2D eigenvalue weighted by atomic mass is 32.2. The monoisotopic (exact) mass is 414 g/mol. The van der Waals surface area contributed by atoms with E-state index in [9.17, 15) is 16.8 Å². The Morgan fingerprint density at radius 1 is 0.778 bits per heavy atom. The molecule has 0 aromatic heterocycles. The van der Waals surface area contributed by atoms with Crippen molar-refractivity contribution in [3.8, 4) is 0 Å². The quantitative estimate of drug-likeness (QED) is 0.334. The summed E-state index contributed by atoms with van der Waals surface area (Å²) in [7, 11) is -8.10. The normalized spacial score (nSPS) is 10.6. The number of hydrogen-bond acceptors (Lipinski definition) is 4. The second-order valence-electron chi connectivity index (χ2n) is 5.63. The van der Waals surface area contributed by atoms with Crippen molar-refractivity contribution in [1.29, 1.82) is 0 Å². The zero-order chi connectivity index (χ0) is 21.4. The fraction of sp³-hybridized carbons (Fsp3) is 0.235. The van der Waals surface area contributed by atoms with Crippen LogP contribution in [0, 0.1) is 27.7 Å². The number of aryl methyl sites for hydroxylation is 4. The van der Waals surface area contributed by atoms with Gasteiger partial charge in [-0.15, -0.1) is 0 Å². The Morgan fingerprint density at radius 3 is 1.22 bits per heavy atom. The van der Waals surface area contributed by atoms with Gasteiger partial charge < -0.3 is 5.53 Å². The van der Waals surface area contributed by atoms with E-state index in [0.29, 0.717) is 11.1 Å². The van der Waals surface area contributed by atoms with E-state index in [4.69, 9.17) is 14.6 Å². The van der Waals surface area contributed by atoms with Crippen molar-refractivity contribution in [2.45, 2.75) is 37.5 Å². The van der Waals surface area contributed by atoms with Crippen molar-refractivity contribution >= 4 is 27.0 Å². The minimum Gasteiger partial charge on any atom is -0.362 e. The predicted molar refractivity (Wildman–Crippen MR) is 102 cm³/mol. The maximum atomic E-state index is 10.7. The maximum Gasteiger partial charge on any atom is 0.294 e. The molecule has 10 heteroatoms. The van der Waals surface area contributed by atoms with E-state index in [1.54, 1.807) is 38.1 Å². The van der Waals surface area contributed by atoms with Gasteiger partial charge in [0.25, 0.3) is 20.2 Å². The van der Waals surface area contributed by atoms with Gasteiger partial charge in [0.1, 0.15) is 0 Å². The van der Waals surface area contributed by atoms with E-state index >= 15 is 0 Å². The van der Waals surface area contributed by atoms with Gasteiger partial charge in [0.05, 0.1) is 9.79 Å². The molecule has 0 aliphatic carbocycles. The molecule has 8 nitrogen and oxygen atoms in total. The fourth-order valence-corrected chi connectivity index (χ4v) is 3.59. The molecule has 0 aliphatic heterocycles. The molecule has 0 amide bonds.